The minimum absolute atomic E-state index is 0.0822. The largest absolute Gasteiger partial charge is 0.396 e. The van der Waals surface area contributed by atoms with Crippen LogP contribution in [0.2, 0.25) is 0 Å². The summed E-state index contributed by atoms with van der Waals surface area (Å²) in [6.45, 7) is 3.46. The number of fused-ring (bicyclic) bond motifs is 1. The zero-order valence-corrected chi connectivity index (χ0v) is 18.0. The molecule has 31 heavy (non-hydrogen) atoms. The van der Waals surface area contributed by atoms with Crippen LogP contribution in [-0.4, -0.2) is 53.3 Å². The third-order valence-electron chi connectivity index (χ3n) is 5.43. The fraction of sp³-hybridized carbons (Fsp3) is 0.364. The number of carbonyl (C=O) groups is 1. The maximum Gasteiger partial charge on any atom is 0.324 e. The first-order valence-electron chi connectivity index (χ1n) is 10.2. The highest BCUT2D eigenvalue weighted by atomic mass is 32.1. The van der Waals surface area contributed by atoms with Crippen molar-refractivity contribution in [3.8, 4) is 0 Å². The van der Waals surface area contributed by atoms with E-state index in [-0.39, 0.29) is 30.3 Å². The number of aryl methyl sites for hydroxylation is 1. The van der Waals surface area contributed by atoms with E-state index in [4.69, 9.17) is 5.11 Å². The predicted octanol–water partition coefficient (Wildman–Crippen LogP) is 4.24. The molecule has 164 valence electrons. The first-order chi connectivity index (χ1) is 14.9. The number of piperazine rings is 1. The van der Waals surface area contributed by atoms with Crippen LogP contribution in [0.15, 0.2) is 36.4 Å². The van der Waals surface area contributed by atoms with Crippen molar-refractivity contribution in [2.45, 2.75) is 25.8 Å². The Labute approximate surface area is 183 Å². The Morgan fingerprint density at radius 2 is 2.10 bits per heavy atom. The number of benzene rings is 2. The summed E-state index contributed by atoms with van der Waals surface area (Å²) in [5.74, 6) is -0.630. The molecule has 9 heteroatoms. The number of carbonyl (C=O) groups excluding carboxylic acids is 1. The number of halogens is 2. The average Bonchev–Trinajstić information content (AvgIpc) is 3.13. The standard InChI is InChI=1S/C22H24F2N4O2S/c1-14-13-27(19-7-4-15(3-2-10-29)11-17(19)24)8-9-28(14)22(30)26-21-25-18-6-5-16(23)12-20(18)31-21/h4-7,11-12,14,29H,2-3,8-10,13H2,1H3,(H,25,26,30). The quantitative estimate of drug-likeness (QED) is 0.615. The van der Waals surface area contributed by atoms with Crippen LogP contribution in [0.25, 0.3) is 10.2 Å². The molecule has 0 radical (unpaired) electrons. The Morgan fingerprint density at radius 3 is 2.84 bits per heavy atom. The molecular formula is C22H24F2N4O2S. The van der Waals surface area contributed by atoms with Crippen LogP contribution in [0.3, 0.4) is 0 Å². The van der Waals surface area contributed by atoms with Crippen molar-refractivity contribution in [1.82, 2.24) is 9.88 Å². The molecule has 1 fully saturated rings. The van der Waals surface area contributed by atoms with Crippen LogP contribution in [0.5, 0.6) is 0 Å². The summed E-state index contributed by atoms with van der Waals surface area (Å²) in [6.07, 6.45) is 1.24. The first-order valence-corrected chi connectivity index (χ1v) is 11.0. The number of anilines is 2. The van der Waals surface area contributed by atoms with E-state index in [1.54, 1.807) is 17.0 Å². The smallest absolute Gasteiger partial charge is 0.324 e. The molecule has 0 bridgehead atoms. The highest BCUT2D eigenvalue weighted by Crippen LogP contribution is 2.28. The SMILES string of the molecule is CC1CN(c2ccc(CCCO)cc2F)CCN1C(=O)Nc1nc2ccc(F)cc2s1. The lowest BCUT2D eigenvalue weighted by molar-refractivity contribution is 0.184. The maximum absolute atomic E-state index is 14.6. The Balaban J connectivity index is 1.39. The minimum Gasteiger partial charge on any atom is -0.396 e. The van der Waals surface area contributed by atoms with E-state index in [0.717, 1.165) is 5.56 Å². The molecular weight excluding hydrogens is 422 g/mol. The molecule has 3 aromatic rings. The number of amides is 2. The molecule has 0 saturated carbocycles. The van der Waals surface area contributed by atoms with E-state index >= 15 is 0 Å². The summed E-state index contributed by atoms with van der Waals surface area (Å²) in [5, 5.41) is 12.2. The molecule has 1 unspecified atom stereocenters. The van der Waals surface area contributed by atoms with Crippen LogP contribution >= 0.6 is 11.3 Å². The Morgan fingerprint density at radius 1 is 1.26 bits per heavy atom. The first kappa shape index (κ1) is 21.5. The number of rotatable bonds is 5. The molecule has 2 amide bonds. The van der Waals surface area contributed by atoms with Gasteiger partial charge in [-0.1, -0.05) is 17.4 Å². The topological polar surface area (TPSA) is 68.7 Å². The highest BCUT2D eigenvalue weighted by molar-refractivity contribution is 7.22. The van der Waals surface area contributed by atoms with Crippen molar-refractivity contribution >= 4 is 38.4 Å². The minimum atomic E-state index is -0.340. The van der Waals surface area contributed by atoms with Crippen molar-refractivity contribution in [2.24, 2.45) is 0 Å². The van der Waals surface area contributed by atoms with Gasteiger partial charge in [0, 0.05) is 32.3 Å². The third kappa shape index (κ3) is 4.77. The fourth-order valence-corrected chi connectivity index (χ4v) is 4.72. The monoisotopic (exact) mass is 446 g/mol. The van der Waals surface area contributed by atoms with Crippen LogP contribution in [0.4, 0.5) is 24.4 Å². The van der Waals surface area contributed by atoms with Crippen LogP contribution in [0.1, 0.15) is 18.9 Å². The number of hydrogen-bond donors (Lipinski definition) is 2. The lowest BCUT2D eigenvalue weighted by Gasteiger charge is -2.40. The number of aromatic nitrogens is 1. The Kier molecular flexibility index (Phi) is 6.33. The van der Waals surface area contributed by atoms with Gasteiger partial charge in [-0.05, 0) is 55.7 Å². The molecule has 2 aromatic carbocycles. The molecule has 1 aromatic heterocycles. The molecule has 2 heterocycles. The van der Waals surface area contributed by atoms with Crippen molar-refractivity contribution in [3.05, 3.63) is 53.6 Å². The number of urea groups is 1. The molecule has 1 aliphatic heterocycles. The number of hydrogen-bond acceptors (Lipinski definition) is 5. The average molecular weight is 447 g/mol. The van der Waals surface area contributed by atoms with Crippen molar-refractivity contribution in [2.75, 3.05) is 36.5 Å². The van der Waals surface area contributed by atoms with Gasteiger partial charge in [0.25, 0.3) is 0 Å². The van der Waals surface area contributed by atoms with Crippen LogP contribution in [-0.2, 0) is 6.42 Å². The van der Waals surface area contributed by atoms with Crippen LogP contribution in [0, 0.1) is 11.6 Å². The summed E-state index contributed by atoms with van der Waals surface area (Å²) in [6, 6.07) is 9.09. The molecule has 4 rings (SSSR count). The van der Waals surface area contributed by atoms with E-state index in [2.05, 4.69) is 10.3 Å². The Hall–Kier alpha value is -2.78. The van der Waals surface area contributed by atoms with Gasteiger partial charge in [0.1, 0.15) is 11.6 Å². The zero-order valence-electron chi connectivity index (χ0n) is 17.1. The van der Waals surface area contributed by atoms with Gasteiger partial charge in [0.15, 0.2) is 5.13 Å². The van der Waals surface area contributed by atoms with Crippen LogP contribution < -0.4 is 10.2 Å². The molecule has 6 nitrogen and oxygen atoms in total. The summed E-state index contributed by atoms with van der Waals surface area (Å²) in [7, 11) is 0. The summed E-state index contributed by atoms with van der Waals surface area (Å²) in [4.78, 5) is 20.8. The number of aliphatic hydroxyl groups excluding tert-OH is 1. The molecule has 2 N–H and O–H groups in total. The summed E-state index contributed by atoms with van der Waals surface area (Å²) >= 11 is 1.23. The Bertz CT molecular complexity index is 1090. The van der Waals surface area contributed by atoms with E-state index in [1.807, 2.05) is 17.9 Å². The number of nitrogens with one attached hydrogen (secondary N) is 1. The predicted molar refractivity (Wildman–Crippen MR) is 119 cm³/mol. The number of thiazole rings is 1. The van der Waals surface area contributed by atoms with Gasteiger partial charge >= 0.3 is 6.03 Å². The fourth-order valence-electron chi connectivity index (χ4n) is 3.84. The van der Waals surface area contributed by atoms with E-state index in [0.29, 0.717) is 53.5 Å². The van der Waals surface area contributed by atoms with Gasteiger partial charge in [0.2, 0.25) is 0 Å². The van der Waals surface area contributed by atoms with Gasteiger partial charge < -0.3 is 14.9 Å². The van der Waals surface area contributed by atoms with Gasteiger partial charge in [-0.25, -0.2) is 18.6 Å². The van der Waals surface area contributed by atoms with E-state index in [9.17, 15) is 13.6 Å². The normalized spacial score (nSPS) is 16.7. The van der Waals surface area contributed by atoms with E-state index in [1.165, 1.54) is 29.5 Å². The van der Waals surface area contributed by atoms with Crippen molar-refractivity contribution in [3.63, 3.8) is 0 Å². The maximum atomic E-state index is 14.6. The zero-order chi connectivity index (χ0) is 22.0. The molecule has 0 spiro atoms. The van der Waals surface area contributed by atoms with Gasteiger partial charge in [-0.15, -0.1) is 0 Å². The lowest BCUT2D eigenvalue weighted by Crippen LogP contribution is -2.55. The van der Waals surface area contributed by atoms with Crippen molar-refractivity contribution in [1.29, 1.82) is 0 Å². The second kappa shape index (κ2) is 9.15. The van der Waals surface area contributed by atoms with Gasteiger partial charge in [0.05, 0.1) is 15.9 Å². The molecule has 1 atom stereocenters. The number of aliphatic hydroxyl groups is 1. The second-order valence-corrected chi connectivity index (χ2v) is 8.69. The second-order valence-electron chi connectivity index (χ2n) is 7.66. The van der Waals surface area contributed by atoms with Gasteiger partial charge in [-0.3, -0.25) is 5.32 Å². The highest BCUT2D eigenvalue weighted by Gasteiger charge is 2.29. The number of nitrogens with zero attached hydrogens (tertiary/aromatic N) is 3. The summed E-state index contributed by atoms with van der Waals surface area (Å²) in [5.41, 5.74) is 2.02. The summed E-state index contributed by atoms with van der Waals surface area (Å²) < 4.78 is 28.7. The molecule has 0 aliphatic carbocycles. The lowest BCUT2D eigenvalue weighted by atomic mass is 10.1. The molecule has 1 saturated heterocycles. The molecule has 1 aliphatic rings. The third-order valence-corrected chi connectivity index (χ3v) is 6.36. The van der Waals surface area contributed by atoms with Crippen molar-refractivity contribution < 1.29 is 18.7 Å². The van der Waals surface area contributed by atoms with Gasteiger partial charge in [-0.2, -0.15) is 0 Å². The van der Waals surface area contributed by atoms with E-state index < -0.39 is 0 Å².